The van der Waals surface area contributed by atoms with Gasteiger partial charge in [-0.25, -0.2) is 14.4 Å². The molecule has 0 radical (unpaired) electrons. The summed E-state index contributed by atoms with van der Waals surface area (Å²) in [5, 5.41) is 58.1. The van der Waals surface area contributed by atoms with Crippen LogP contribution < -0.4 is 15.0 Å². The number of rotatable bonds is 16. The molecule has 0 spiro atoms. The smallest absolute Gasteiger partial charge is 0.290 e. The Morgan fingerprint density at radius 1 is 1.09 bits per heavy atom. The quantitative estimate of drug-likeness (QED) is 0.0923. The van der Waals surface area contributed by atoms with Gasteiger partial charge in [0.05, 0.1) is 43.2 Å². The van der Waals surface area contributed by atoms with E-state index in [9.17, 15) is 29.6 Å². The van der Waals surface area contributed by atoms with Crippen LogP contribution in [0.5, 0.6) is 5.75 Å². The molecular weight excluding hydrogens is 641 g/mol. The minimum absolute atomic E-state index is 0.0409. The Hall–Kier alpha value is -3.18. The molecule has 47 heavy (non-hydrogen) atoms. The van der Waals surface area contributed by atoms with Crippen molar-refractivity contribution >= 4 is 29.9 Å². The van der Waals surface area contributed by atoms with Gasteiger partial charge in [0, 0.05) is 51.3 Å². The zero-order valence-electron chi connectivity index (χ0n) is 26.1. The average molecular weight is 686 g/mol. The highest BCUT2D eigenvalue weighted by Gasteiger charge is 2.32. The Morgan fingerprint density at radius 3 is 2.34 bits per heavy atom. The van der Waals surface area contributed by atoms with Gasteiger partial charge < -0.3 is 50.5 Å². The number of carbonyl (C=O) groups is 2. The number of nitrogens with one attached hydrogen (secondary N) is 1. The minimum Gasteiger partial charge on any atom is -0.493 e. The maximum absolute atomic E-state index is 14.7. The molecule has 2 fully saturated rings. The molecule has 14 nitrogen and oxygen atoms in total. The largest absolute Gasteiger partial charge is 0.493 e. The summed E-state index contributed by atoms with van der Waals surface area (Å²) in [5.74, 6) is 1.20. The number of halogens is 2. The number of benzene rings is 1. The summed E-state index contributed by atoms with van der Waals surface area (Å²) in [6.45, 7) is 2.67. The fourth-order valence-electron chi connectivity index (χ4n) is 5.51. The highest BCUT2D eigenvalue weighted by atomic mass is 35.5. The topological polar surface area (TPSA) is 209 Å². The number of aliphatic hydroxyl groups excluding tert-OH is 5. The van der Waals surface area contributed by atoms with Crippen LogP contribution in [0.4, 0.5) is 10.3 Å². The average Bonchev–Trinajstić information content (AvgIpc) is 3.05. The van der Waals surface area contributed by atoms with Crippen LogP contribution in [0, 0.1) is 17.7 Å². The van der Waals surface area contributed by atoms with Gasteiger partial charge in [0.1, 0.15) is 29.9 Å². The molecule has 0 saturated carbocycles. The molecule has 3 heterocycles. The van der Waals surface area contributed by atoms with Crippen LogP contribution in [0.3, 0.4) is 0 Å². The molecule has 1 aromatic carbocycles. The summed E-state index contributed by atoms with van der Waals surface area (Å²) in [5.41, 5.74) is 0.307. The second kappa shape index (κ2) is 19.6. The van der Waals surface area contributed by atoms with Crippen LogP contribution >= 0.6 is 11.6 Å². The molecule has 4 atom stereocenters. The lowest BCUT2D eigenvalue weighted by molar-refractivity contribution is -0.136. The van der Waals surface area contributed by atoms with Crippen molar-refractivity contribution in [1.29, 1.82) is 0 Å². The van der Waals surface area contributed by atoms with E-state index in [-0.39, 0.29) is 31.3 Å². The van der Waals surface area contributed by atoms with E-state index in [0.717, 1.165) is 38.8 Å². The maximum Gasteiger partial charge on any atom is 0.290 e. The minimum atomic E-state index is -1.67. The molecule has 0 aliphatic carbocycles. The lowest BCUT2D eigenvalue weighted by atomic mass is 9.92. The molecule has 2 aliphatic rings. The van der Waals surface area contributed by atoms with E-state index in [4.69, 9.17) is 31.3 Å². The number of hydrogen-bond donors (Lipinski definition) is 7. The molecule has 7 N–H and O–H groups in total. The molecule has 1 amide bonds. The number of piperidine rings is 1. The summed E-state index contributed by atoms with van der Waals surface area (Å²) >= 11 is 5.87. The van der Waals surface area contributed by atoms with E-state index in [2.05, 4.69) is 20.2 Å². The zero-order chi connectivity index (χ0) is 34.3. The number of aliphatic hydroxyl groups is 5. The Labute approximate surface area is 277 Å². The van der Waals surface area contributed by atoms with E-state index in [1.165, 1.54) is 6.07 Å². The van der Waals surface area contributed by atoms with E-state index in [1.54, 1.807) is 29.4 Å². The van der Waals surface area contributed by atoms with E-state index in [1.807, 2.05) is 0 Å². The number of nitrogens with zero attached hydrogens (tertiary/aromatic N) is 4. The van der Waals surface area contributed by atoms with Crippen LogP contribution in [-0.2, 0) is 16.0 Å². The molecule has 0 bridgehead atoms. The first kappa shape index (κ1) is 38.3. The first-order valence-corrected chi connectivity index (χ1v) is 16.0. The SMILES string of the molecule is O=C(Cc1ccc(OCCCC2CCN(c3ncc(Cl)cn3)CC2)cc1F)N1CC(CNCC(O)C(O)C(O)C(O)CO)C1.O=CO. The van der Waals surface area contributed by atoms with Crippen molar-refractivity contribution in [3.8, 4) is 5.75 Å². The Morgan fingerprint density at radius 2 is 1.72 bits per heavy atom. The first-order valence-electron chi connectivity index (χ1n) is 15.6. The highest BCUT2D eigenvalue weighted by Crippen LogP contribution is 2.25. The number of hydrogen-bond acceptors (Lipinski definition) is 12. The summed E-state index contributed by atoms with van der Waals surface area (Å²) < 4.78 is 20.5. The van der Waals surface area contributed by atoms with Crippen molar-refractivity contribution in [2.45, 2.75) is 56.5 Å². The molecule has 2 aliphatic heterocycles. The number of anilines is 1. The second-order valence-corrected chi connectivity index (χ2v) is 12.2. The highest BCUT2D eigenvalue weighted by molar-refractivity contribution is 6.30. The standard InChI is InChI=1S/C30H43ClFN5O7.CH2O2/c31-22-13-34-30(35-14-22)36-7-5-19(6-8-36)2-1-9-44-23-4-3-21(24(32)11-23)10-27(41)37-16-20(17-37)12-33-15-25(39)28(42)29(43)26(40)18-38;2-1-3/h3-4,11,13-14,19-20,25-26,28-29,33,38-40,42-43H,1-2,5-10,12,15-18H2;1H,(H,2,3). The number of ether oxygens (including phenoxy) is 1. The molecule has 1 aromatic heterocycles. The number of amides is 1. The normalized spacial score (nSPS) is 17.9. The van der Waals surface area contributed by atoms with Gasteiger partial charge in [0.15, 0.2) is 0 Å². The molecule has 4 unspecified atom stereocenters. The zero-order valence-corrected chi connectivity index (χ0v) is 26.8. The summed E-state index contributed by atoms with van der Waals surface area (Å²) in [4.78, 5) is 33.4. The van der Waals surface area contributed by atoms with Gasteiger partial charge in [-0.05, 0) is 43.2 Å². The van der Waals surface area contributed by atoms with Crippen molar-refractivity contribution in [3.05, 3.63) is 47.0 Å². The monoisotopic (exact) mass is 685 g/mol. The number of carbonyl (C=O) groups excluding carboxylic acids is 1. The molecule has 16 heteroatoms. The van der Waals surface area contributed by atoms with Crippen molar-refractivity contribution in [2.24, 2.45) is 11.8 Å². The molecule has 4 rings (SSSR count). The third-order valence-corrected chi connectivity index (χ3v) is 8.51. The molecule has 2 saturated heterocycles. The lowest BCUT2D eigenvalue weighted by Crippen LogP contribution is -2.55. The van der Waals surface area contributed by atoms with Gasteiger partial charge in [-0.1, -0.05) is 17.7 Å². The van der Waals surface area contributed by atoms with Gasteiger partial charge in [-0.3, -0.25) is 9.59 Å². The van der Waals surface area contributed by atoms with Crippen LogP contribution in [0.1, 0.15) is 31.2 Å². The van der Waals surface area contributed by atoms with E-state index < -0.39 is 36.8 Å². The molecular formula is C31H45ClFN5O9. The fourth-order valence-corrected chi connectivity index (χ4v) is 5.61. The van der Waals surface area contributed by atoms with E-state index >= 15 is 0 Å². The lowest BCUT2D eigenvalue weighted by Gasteiger charge is -2.39. The van der Waals surface area contributed by atoms with Gasteiger partial charge in [0.25, 0.3) is 6.47 Å². The van der Waals surface area contributed by atoms with Crippen LogP contribution in [0.2, 0.25) is 5.02 Å². The number of aromatic nitrogens is 2. The third-order valence-electron chi connectivity index (χ3n) is 8.32. The van der Waals surface area contributed by atoms with Crippen molar-refractivity contribution in [1.82, 2.24) is 20.2 Å². The van der Waals surface area contributed by atoms with Gasteiger partial charge in [-0.15, -0.1) is 0 Å². The van der Waals surface area contributed by atoms with Crippen molar-refractivity contribution in [3.63, 3.8) is 0 Å². The predicted molar refractivity (Wildman–Crippen MR) is 170 cm³/mol. The number of carboxylic acid groups (broad SMARTS) is 1. The van der Waals surface area contributed by atoms with Gasteiger partial charge in [0.2, 0.25) is 11.9 Å². The van der Waals surface area contributed by atoms with Crippen LogP contribution in [0.15, 0.2) is 30.6 Å². The fraction of sp³-hybridized carbons (Fsp3) is 0.613. The Balaban J connectivity index is 0.00000192. The van der Waals surface area contributed by atoms with Crippen molar-refractivity contribution < 1.29 is 49.4 Å². The molecule has 262 valence electrons. The van der Waals surface area contributed by atoms with Gasteiger partial charge in [-0.2, -0.15) is 0 Å². The predicted octanol–water partition coefficient (Wildman–Crippen LogP) is 0.0719. The summed E-state index contributed by atoms with van der Waals surface area (Å²) in [6.07, 6.45) is 0.958. The van der Waals surface area contributed by atoms with Crippen LogP contribution in [-0.4, -0.2) is 135 Å². The first-order chi connectivity index (χ1) is 22.6. The Kier molecular flexibility index (Phi) is 16.0. The van der Waals surface area contributed by atoms with Gasteiger partial charge >= 0.3 is 0 Å². The second-order valence-electron chi connectivity index (χ2n) is 11.8. The summed E-state index contributed by atoms with van der Waals surface area (Å²) in [7, 11) is 0. The molecule has 2 aromatic rings. The van der Waals surface area contributed by atoms with E-state index in [0.29, 0.717) is 54.4 Å². The summed E-state index contributed by atoms with van der Waals surface area (Å²) in [6, 6.07) is 4.60. The third kappa shape index (κ3) is 12.1. The number of likely N-dealkylation sites (tertiary alicyclic amines) is 1. The Bertz CT molecular complexity index is 1240. The van der Waals surface area contributed by atoms with Crippen LogP contribution in [0.25, 0.3) is 0 Å². The van der Waals surface area contributed by atoms with Crippen molar-refractivity contribution in [2.75, 3.05) is 57.4 Å². The maximum atomic E-state index is 14.7.